The van der Waals surface area contributed by atoms with Gasteiger partial charge in [0.05, 0.1) is 0 Å². The minimum absolute atomic E-state index is 0.321. The number of fused-ring (bicyclic) bond motifs is 2. The number of nitrogens with one attached hydrogen (secondary N) is 2. The number of rotatable bonds is 7. The summed E-state index contributed by atoms with van der Waals surface area (Å²) in [6.45, 7) is 0.569. The molecule has 1 atom stereocenters. The quantitative estimate of drug-likeness (QED) is 0.223. The largest absolute Gasteiger partial charge is 0.342 e. The molecule has 1 saturated carbocycles. The lowest BCUT2D eigenvalue weighted by Gasteiger charge is -2.24. The lowest BCUT2D eigenvalue weighted by atomic mass is 9.95. The fourth-order valence-electron chi connectivity index (χ4n) is 5.28. The van der Waals surface area contributed by atoms with Gasteiger partial charge in [0.1, 0.15) is 0 Å². The zero-order chi connectivity index (χ0) is 25.1. The van der Waals surface area contributed by atoms with Crippen molar-refractivity contribution in [3.8, 4) is 0 Å². The van der Waals surface area contributed by atoms with Crippen LogP contribution in [0.15, 0.2) is 78.9 Å². The van der Waals surface area contributed by atoms with Gasteiger partial charge >= 0.3 is 7.60 Å². The average Bonchev–Trinajstić information content (AvgIpc) is 2.87. The van der Waals surface area contributed by atoms with Crippen LogP contribution in [0, 0.1) is 0 Å². The van der Waals surface area contributed by atoms with E-state index in [0.717, 1.165) is 34.6 Å². The van der Waals surface area contributed by atoms with Gasteiger partial charge in [-0.25, -0.2) is 0 Å². The summed E-state index contributed by atoms with van der Waals surface area (Å²) >= 11 is 0. The SMILES string of the molecule is O=C(Nc1cc2ccccc2cc1CNC1CCCCC1)C(c1cccc2ccccc12)P(=O)(O)O. The second kappa shape index (κ2) is 10.5. The van der Waals surface area contributed by atoms with E-state index in [0.29, 0.717) is 29.2 Å². The summed E-state index contributed by atoms with van der Waals surface area (Å²) in [4.78, 5) is 34.2. The molecule has 0 aromatic heterocycles. The molecule has 1 aliphatic rings. The Morgan fingerprint density at radius 3 is 2.22 bits per heavy atom. The third kappa shape index (κ3) is 5.37. The van der Waals surface area contributed by atoms with Crippen LogP contribution in [0.25, 0.3) is 21.5 Å². The smallest absolute Gasteiger partial charge is 0.325 e. The first kappa shape index (κ1) is 24.7. The van der Waals surface area contributed by atoms with Gasteiger partial charge in [-0.3, -0.25) is 9.36 Å². The van der Waals surface area contributed by atoms with E-state index < -0.39 is 19.2 Å². The standard InChI is InChI=1S/C29H31N2O4P/c32-29(28(36(33,34)35)26-16-8-12-20-9-6-7-15-25(20)26)31-27-18-22-11-5-4-10-21(22)17-23(27)19-30-24-13-2-1-3-14-24/h4-12,15-18,24,28,30H,1-3,13-14,19H2,(H,31,32)(H2,33,34,35). The van der Waals surface area contributed by atoms with Crippen LogP contribution in [0.2, 0.25) is 0 Å². The average molecular weight is 503 g/mol. The minimum atomic E-state index is -4.82. The third-order valence-corrected chi connectivity index (χ3v) is 8.30. The van der Waals surface area contributed by atoms with E-state index in [1.165, 1.54) is 19.3 Å². The Morgan fingerprint density at radius 1 is 0.861 bits per heavy atom. The molecule has 0 bridgehead atoms. The maximum atomic E-state index is 13.6. The molecule has 36 heavy (non-hydrogen) atoms. The van der Waals surface area contributed by atoms with Crippen molar-refractivity contribution in [2.75, 3.05) is 5.32 Å². The van der Waals surface area contributed by atoms with Gasteiger partial charge in [0.25, 0.3) is 0 Å². The molecule has 1 amide bonds. The lowest BCUT2D eigenvalue weighted by Crippen LogP contribution is -2.31. The molecule has 5 rings (SSSR count). The summed E-state index contributed by atoms with van der Waals surface area (Å²) in [5.74, 6) is -0.714. The molecular weight excluding hydrogens is 471 g/mol. The summed E-state index contributed by atoms with van der Waals surface area (Å²) in [5, 5.41) is 10.00. The van der Waals surface area contributed by atoms with Crippen LogP contribution in [0.1, 0.15) is 48.9 Å². The molecular formula is C29H31N2O4P. The van der Waals surface area contributed by atoms with E-state index in [1.54, 1.807) is 24.3 Å². The van der Waals surface area contributed by atoms with E-state index in [2.05, 4.69) is 10.6 Å². The van der Waals surface area contributed by atoms with Crippen molar-refractivity contribution in [2.45, 2.75) is 50.3 Å². The van der Waals surface area contributed by atoms with E-state index >= 15 is 0 Å². The van der Waals surface area contributed by atoms with Crippen LogP contribution in [0.4, 0.5) is 5.69 Å². The van der Waals surface area contributed by atoms with E-state index in [1.807, 2.05) is 54.6 Å². The first-order chi connectivity index (χ1) is 17.4. The topological polar surface area (TPSA) is 98.7 Å². The molecule has 4 N–H and O–H groups in total. The zero-order valence-corrected chi connectivity index (χ0v) is 21.0. The summed E-state index contributed by atoms with van der Waals surface area (Å²) in [5.41, 5.74) is 0.173. The second-order valence-electron chi connectivity index (χ2n) is 9.62. The minimum Gasteiger partial charge on any atom is -0.325 e. The van der Waals surface area contributed by atoms with Gasteiger partial charge in [0.2, 0.25) is 5.91 Å². The summed E-state index contributed by atoms with van der Waals surface area (Å²) < 4.78 is 12.7. The molecule has 4 aromatic rings. The fourth-order valence-corrected chi connectivity index (χ4v) is 6.23. The normalized spacial score (nSPS) is 15.7. The molecule has 1 aliphatic carbocycles. The van der Waals surface area contributed by atoms with Gasteiger partial charge in [-0.05, 0) is 57.6 Å². The second-order valence-corrected chi connectivity index (χ2v) is 11.3. The highest BCUT2D eigenvalue weighted by Crippen LogP contribution is 2.53. The lowest BCUT2D eigenvalue weighted by molar-refractivity contribution is -0.116. The van der Waals surface area contributed by atoms with Gasteiger partial charge in [-0.2, -0.15) is 0 Å². The first-order valence-corrected chi connectivity index (χ1v) is 14.2. The van der Waals surface area contributed by atoms with Crippen LogP contribution in [0.5, 0.6) is 0 Å². The highest BCUT2D eigenvalue weighted by Gasteiger charge is 2.38. The van der Waals surface area contributed by atoms with Crippen molar-refractivity contribution < 1.29 is 19.1 Å². The molecule has 0 radical (unpaired) electrons. The highest BCUT2D eigenvalue weighted by atomic mass is 31.2. The van der Waals surface area contributed by atoms with E-state index in [-0.39, 0.29) is 0 Å². The van der Waals surface area contributed by atoms with Crippen molar-refractivity contribution in [3.05, 3.63) is 90.0 Å². The molecule has 0 spiro atoms. The van der Waals surface area contributed by atoms with Gasteiger partial charge in [0, 0.05) is 18.3 Å². The van der Waals surface area contributed by atoms with Crippen LogP contribution < -0.4 is 10.6 Å². The molecule has 7 heteroatoms. The number of benzene rings is 4. The molecule has 1 fully saturated rings. The van der Waals surface area contributed by atoms with Crippen molar-refractivity contribution in [2.24, 2.45) is 0 Å². The van der Waals surface area contributed by atoms with Crippen LogP contribution >= 0.6 is 7.60 Å². The maximum absolute atomic E-state index is 13.6. The number of hydrogen-bond donors (Lipinski definition) is 4. The monoisotopic (exact) mass is 502 g/mol. The Hall–Kier alpha value is -3.02. The van der Waals surface area contributed by atoms with Gasteiger partial charge in [0.15, 0.2) is 5.66 Å². The summed E-state index contributed by atoms with van der Waals surface area (Å²) in [6.07, 6.45) is 5.97. The maximum Gasteiger partial charge on any atom is 0.342 e. The predicted molar refractivity (Wildman–Crippen MR) is 145 cm³/mol. The van der Waals surface area contributed by atoms with E-state index in [4.69, 9.17) is 0 Å². The Kier molecular flexibility index (Phi) is 7.22. The molecule has 0 saturated heterocycles. The predicted octanol–water partition coefficient (Wildman–Crippen LogP) is 6.27. The van der Waals surface area contributed by atoms with Crippen LogP contribution in [-0.4, -0.2) is 21.7 Å². The zero-order valence-electron chi connectivity index (χ0n) is 20.1. The molecule has 4 aromatic carbocycles. The molecule has 6 nitrogen and oxygen atoms in total. The molecule has 0 aliphatic heterocycles. The Bertz CT molecular complexity index is 1440. The van der Waals surface area contributed by atoms with Gasteiger partial charge in [-0.1, -0.05) is 86.0 Å². The van der Waals surface area contributed by atoms with Crippen molar-refractivity contribution >= 4 is 40.7 Å². The Balaban J connectivity index is 1.50. The number of carbonyl (C=O) groups excluding carboxylic acids is 1. The van der Waals surface area contributed by atoms with E-state index in [9.17, 15) is 19.1 Å². The summed E-state index contributed by atoms with van der Waals surface area (Å²) in [6, 6.07) is 24.8. The molecule has 0 heterocycles. The molecule has 1 unspecified atom stereocenters. The van der Waals surface area contributed by atoms with Crippen LogP contribution in [-0.2, 0) is 15.9 Å². The number of carbonyl (C=O) groups is 1. The Morgan fingerprint density at radius 2 is 1.50 bits per heavy atom. The van der Waals surface area contributed by atoms with Crippen molar-refractivity contribution in [1.29, 1.82) is 0 Å². The first-order valence-electron chi connectivity index (χ1n) is 12.5. The van der Waals surface area contributed by atoms with Gasteiger partial charge in [-0.15, -0.1) is 0 Å². The summed E-state index contributed by atoms with van der Waals surface area (Å²) in [7, 11) is -4.82. The number of anilines is 1. The fraction of sp³-hybridized carbons (Fsp3) is 0.276. The van der Waals surface area contributed by atoms with Gasteiger partial charge < -0.3 is 20.4 Å². The number of hydrogen-bond acceptors (Lipinski definition) is 3. The van der Waals surface area contributed by atoms with Crippen molar-refractivity contribution in [3.63, 3.8) is 0 Å². The Labute approximate surface area is 210 Å². The molecule has 186 valence electrons. The van der Waals surface area contributed by atoms with Crippen molar-refractivity contribution in [1.82, 2.24) is 5.32 Å². The number of amides is 1. The van der Waals surface area contributed by atoms with Crippen LogP contribution in [0.3, 0.4) is 0 Å². The third-order valence-electron chi connectivity index (χ3n) is 7.12. The highest BCUT2D eigenvalue weighted by molar-refractivity contribution is 7.53.